The predicted octanol–water partition coefficient (Wildman–Crippen LogP) is 5.09. The number of anilines is 1. The molecule has 0 saturated carbocycles. The van der Waals surface area contributed by atoms with Crippen molar-refractivity contribution < 1.29 is 23.9 Å². The maximum atomic E-state index is 13.0. The van der Waals surface area contributed by atoms with Gasteiger partial charge in [0.2, 0.25) is 0 Å². The van der Waals surface area contributed by atoms with Crippen LogP contribution in [-0.4, -0.2) is 24.5 Å². The first-order valence-corrected chi connectivity index (χ1v) is 11.4. The minimum absolute atomic E-state index is 0.158. The number of barbiturate groups is 1. The fourth-order valence-corrected chi connectivity index (χ4v) is 3.64. The Balaban J connectivity index is 1.60. The van der Waals surface area contributed by atoms with Crippen LogP contribution in [0.5, 0.6) is 11.5 Å². The van der Waals surface area contributed by atoms with Crippen LogP contribution < -0.4 is 19.7 Å². The van der Waals surface area contributed by atoms with Crippen LogP contribution in [-0.2, 0) is 16.2 Å². The van der Waals surface area contributed by atoms with Gasteiger partial charge in [0.1, 0.15) is 12.2 Å². The molecular formula is C26H21BrN2O5. The van der Waals surface area contributed by atoms with E-state index in [0.29, 0.717) is 36.0 Å². The highest BCUT2D eigenvalue weighted by Gasteiger charge is 2.36. The first-order chi connectivity index (χ1) is 16.5. The zero-order chi connectivity index (χ0) is 24.1. The maximum absolute atomic E-state index is 13.0. The lowest BCUT2D eigenvalue weighted by molar-refractivity contribution is -0.122. The summed E-state index contributed by atoms with van der Waals surface area (Å²) in [4.78, 5) is 38.7. The number of nitrogens with zero attached hydrogens (tertiary/aromatic N) is 1. The first kappa shape index (κ1) is 23.3. The first-order valence-electron chi connectivity index (χ1n) is 10.6. The van der Waals surface area contributed by atoms with Crippen molar-refractivity contribution in [3.8, 4) is 11.5 Å². The number of para-hydroxylation sites is 1. The third-order valence-electron chi connectivity index (χ3n) is 5.00. The Morgan fingerprint density at radius 3 is 2.35 bits per heavy atom. The number of carbonyl (C=O) groups excluding carboxylic acids is 3. The van der Waals surface area contributed by atoms with Crippen LogP contribution in [0.1, 0.15) is 18.1 Å². The van der Waals surface area contributed by atoms with Crippen LogP contribution >= 0.6 is 15.9 Å². The Morgan fingerprint density at radius 1 is 0.912 bits per heavy atom. The normalized spacial score (nSPS) is 14.8. The Kier molecular flexibility index (Phi) is 7.08. The molecule has 0 aromatic heterocycles. The molecule has 0 spiro atoms. The summed E-state index contributed by atoms with van der Waals surface area (Å²) in [6.45, 7) is 2.61. The second-order valence-electron chi connectivity index (χ2n) is 7.35. The molecule has 0 unspecified atom stereocenters. The van der Waals surface area contributed by atoms with Gasteiger partial charge in [0.15, 0.2) is 11.5 Å². The molecule has 0 atom stereocenters. The van der Waals surface area contributed by atoms with E-state index in [9.17, 15) is 14.4 Å². The van der Waals surface area contributed by atoms with Crippen molar-refractivity contribution in [1.82, 2.24) is 5.32 Å². The molecule has 1 saturated heterocycles. The number of ether oxygens (including phenoxy) is 2. The van der Waals surface area contributed by atoms with Gasteiger partial charge in [-0.3, -0.25) is 14.9 Å². The SMILES string of the molecule is CCOc1cc(/C=C2\C(=O)NC(=O)N(c3ccccc3)C2=O)ccc1OCc1ccc(Br)cc1. The van der Waals surface area contributed by atoms with Gasteiger partial charge in [-0.15, -0.1) is 0 Å². The number of nitrogens with one attached hydrogen (secondary N) is 1. The van der Waals surface area contributed by atoms with Crippen molar-refractivity contribution in [3.05, 3.63) is 94.0 Å². The summed E-state index contributed by atoms with van der Waals surface area (Å²) in [5.41, 5.74) is 1.76. The monoisotopic (exact) mass is 520 g/mol. The molecule has 0 bridgehead atoms. The van der Waals surface area contributed by atoms with E-state index in [0.717, 1.165) is 14.9 Å². The molecule has 4 amide bonds. The highest BCUT2D eigenvalue weighted by atomic mass is 79.9. The Hall–Kier alpha value is -3.91. The van der Waals surface area contributed by atoms with Crippen molar-refractivity contribution in [2.45, 2.75) is 13.5 Å². The summed E-state index contributed by atoms with van der Waals surface area (Å²) < 4.78 is 12.6. The van der Waals surface area contributed by atoms with Gasteiger partial charge < -0.3 is 9.47 Å². The number of benzene rings is 3. The van der Waals surface area contributed by atoms with Gasteiger partial charge in [-0.25, -0.2) is 9.69 Å². The molecular weight excluding hydrogens is 500 g/mol. The van der Waals surface area contributed by atoms with Crippen LogP contribution in [0.3, 0.4) is 0 Å². The average Bonchev–Trinajstić information content (AvgIpc) is 2.83. The number of hydrogen-bond donors (Lipinski definition) is 1. The van der Waals surface area contributed by atoms with Gasteiger partial charge in [0.25, 0.3) is 11.8 Å². The number of rotatable bonds is 7. The third-order valence-corrected chi connectivity index (χ3v) is 5.53. The van der Waals surface area contributed by atoms with Gasteiger partial charge in [0.05, 0.1) is 12.3 Å². The second kappa shape index (κ2) is 10.4. The minimum atomic E-state index is -0.787. The van der Waals surface area contributed by atoms with Gasteiger partial charge >= 0.3 is 6.03 Å². The van der Waals surface area contributed by atoms with Crippen molar-refractivity contribution >= 4 is 45.5 Å². The molecule has 0 radical (unpaired) electrons. The van der Waals surface area contributed by atoms with E-state index < -0.39 is 17.8 Å². The number of halogens is 1. The number of carbonyl (C=O) groups is 3. The van der Waals surface area contributed by atoms with Crippen LogP contribution in [0.2, 0.25) is 0 Å². The summed E-state index contributed by atoms with van der Waals surface area (Å²) in [7, 11) is 0. The second-order valence-corrected chi connectivity index (χ2v) is 8.26. The molecule has 4 rings (SSSR count). The van der Waals surface area contributed by atoms with Crippen LogP contribution in [0.4, 0.5) is 10.5 Å². The number of hydrogen-bond acceptors (Lipinski definition) is 5. The van der Waals surface area contributed by atoms with Gasteiger partial charge in [-0.1, -0.05) is 52.3 Å². The number of imide groups is 2. The highest BCUT2D eigenvalue weighted by Crippen LogP contribution is 2.31. The lowest BCUT2D eigenvalue weighted by atomic mass is 10.1. The Bertz CT molecular complexity index is 1260. The van der Waals surface area contributed by atoms with Crippen LogP contribution in [0.15, 0.2) is 82.8 Å². The minimum Gasteiger partial charge on any atom is -0.490 e. The molecule has 7 nitrogen and oxygen atoms in total. The summed E-state index contributed by atoms with van der Waals surface area (Å²) >= 11 is 3.41. The molecule has 1 N–H and O–H groups in total. The number of urea groups is 1. The molecule has 34 heavy (non-hydrogen) atoms. The van der Waals surface area contributed by atoms with E-state index in [1.807, 2.05) is 31.2 Å². The van der Waals surface area contributed by atoms with E-state index in [-0.39, 0.29) is 5.57 Å². The van der Waals surface area contributed by atoms with Gasteiger partial charge in [-0.2, -0.15) is 0 Å². The molecule has 0 aliphatic carbocycles. The molecule has 172 valence electrons. The van der Waals surface area contributed by atoms with Gasteiger partial charge in [-0.05, 0) is 60.5 Å². The van der Waals surface area contributed by atoms with Crippen molar-refractivity contribution in [3.63, 3.8) is 0 Å². The number of amides is 4. The summed E-state index contributed by atoms with van der Waals surface area (Å²) in [5, 5.41) is 2.22. The quantitative estimate of drug-likeness (QED) is 0.346. The zero-order valence-electron chi connectivity index (χ0n) is 18.3. The zero-order valence-corrected chi connectivity index (χ0v) is 19.9. The lowest BCUT2D eigenvalue weighted by Gasteiger charge is -2.26. The molecule has 1 aliphatic heterocycles. The van der Waals surface area contributed by atoms with E-state index >= 15 is 0 Å². The van der Waals surface area contributed by atoms with Crippen LogP contribution in [0.25, 0.3) is 6.08 Å². The summed E-state index contributed by atoms with van der Waals surface area (Å²) in [6, 6.07) is 20.6. The van der Waals surface area contributed by atoms with E-state index in [4.69, 9.17) is 9.47 Å². The van der Waals surface area contributed by atoms with E-state index in [2.05, 4.69) is 21.2 Å². The Labute approximate surface area is 205 Å². The molecule has 1 aliphatic rings. The predicted molar refractivity (Wildman–Crippen MR) is 132 cm³/mol. The topological polar surface area (TPSA) is 84.9 Å². The molecule has 3 aromatic rings. The fourth-order valence-electron chi connectivity index (χ4n) is 3.38. The van der Waals surface area contributed by atoms with Crippen molar-refractivity contribution in [1.29, 1.82) is 0 Å². The summed E-state index contributed by atoms with van der Waals surface area (Å²) in [5.74, 6) is -0.440. The fraction of sp³-hybridized carbons (Fsp3) is 0.115. The standard InChI is InChI=1S/C26H21BrN2O5/c1-2-33-23-15-18(10-13-22(23)34-16-17-8-11-19(27)12-9-17)14-21-24(30)28-26(32)29(25(21)31)20-6-4-3-5-7-20/h3-15H,2,16H2,1H3,(H,28,30,32)/b21-14+. The average molecular weight is 521 g/mol. The molecule has 1 heterocycles. The van der Waals surface area contributed by atoms with E-state index in [1.54, 1.807) is 48.5 Å². The molecule has 3 aromatic carbocycles. The highest BCUT2D eigenvalue weighted by molar-refractivity contribution is 9.10. The maximum Gasteiger partial charge on any atom is 0.335 e. The van der Waals surface area contributed by atoms with Crippen molar-refractivity contribution in [2.75, 3.05) is 11.5 Å². The largest absolute Gasteiger partial charge is 0.490 e. The smallest absolute Gasteiger partial charge is 0.335 e. The summed E-state index contributed by atoms with van der Waals surface area (Å²) in [6.07, 6.45) is 1.43. The molecule has 1 fully saturated rings. The molecule has 8 heteroatoms. The van der Waals surface area contributed by atoms with Crippen molar-refractivity contribution in [2.24, 2.45) is 0 Å². The lowest BCUT2D eigenvalue weighted by Crippen LogP contribution is -2.54. The third kappa shape index (κ3) is 5.18. The van der Waals surface area contributed by atoms with Gasteiger partial charge in [0, 0.05) is 4.47 Å². The van der Waals surface area contributed by atoms with E-state index in [1.165, 1.54) is 6.08 Å². The van der Waals surface area contributed by atoms with Crippen LogP contribution in [0, 0.1) is 0 Å². The Morgan fingerprint density at radius 2 is 1.65 bits per heavy atom.